The summed E-state index contributed by atoms with van der Waals surface area (Å²) < 4.78 is 35.8. The Balaban J connectivity index is 2.11. The summed E-state index contributed by atoms with van der Waals surface area (Å²) in [5.74, 6) is -1.34. The third kappa shape index (κ3) is 3.83. The first-order valence-electron chi connectivity index (χ1n) is 5.87. The van der Waals surface area contributed by atoms with E-state index in [-0.39, 0.29) is 17.0 Å². The number of carbonyl (C=O) groups excluding carboxylic acids is 1. The highest BCUT2D eigenvalue weighted by Crippen LogP contribution is 2.10. The maximum absolute atomic E-state index is 13.4. The van der Waals surface area contributed by atoms with Gasteiger partial charge in [0.1, 0.15) is 0 Å². The molecule has 0 radical (unpaired) electrons. The van der Waals surface area contributed by atoms with E-state index in [9.17, 15) is 17.6 Å². The first-order chi connectivity index (χ1) is 9.88. The molecule has 3 N–H and O–H groups in total. The molecule has 0 aliphatic heterocycles. The molecule has 21 heavy (non-hydrogen) atoms. The normalized spacial score (nSPS) is 11.1. The zero-order valence-electron chi connectivity index (χ0n) is 10.8. The average Bonchev–Trinajstić information content (AvgIpc) is 2.45. The van der Waals surface area contributed by atoms with Crippen LogP contribution in [-0.2, 0) is 16.6 Å². The minimum absolute atomic E-state index is 0.0456. The highest BCUT2D eigenvalue weighted by molar-refractivity contribution is 7.89. The summed E-state index contributed by atoms with van der Waals surface area (Å²) in [5.41, 5.74) is 0.400. The number of rotatable bonds is 4. The summed E-state index contributed by atoms with van der Waals surface area (Å²) in [5, 5.41) is 7.51. The predicted molar refractivity (Wildman–Crippen MR) is 73.2 cm³/mol. The molecule has 0 unspecified atom stereocenters. The molecule has 0 fully saturated rings. The highest BCUT2D eigenvalue weighted by Gasteiger charge is 2.12. The monoisotopic (exact) mass is 309 g/mol. The van der Waals surface area contributed by atoms with Gasteiger partial charge in [0.25, 0.3) is 5.91 Å². The molecule has 1 aromatic carbocycles. The number of nitrogens with zero attached hydrogens (tertiary/aromatic N) is 1. The first kappa shape index (κ1) is 15.1. The van der Waals surface area contributed by atoms with Gasteiger partial charge in [-0.1, -0.05) is 12.1 Å². The zero-order chi connectivity index (χ0) is 15.5. The smallest absolute Gasteiger partial charge is 0.254 e. The van der Waals surface area contributed by atoms with Gasteiger partial charge in [0.15, 0.2) is 5.82 Å². The summed E-state index contributed by atoms with van der Waals surface area (Å²) in [6.45, 7) is 0.0456. The third-order valence-electron chi connectivity index (χ3n) is 2.70. The molecule has 0 atom stereocenters. The van der Waals surface area contributed by atoms with Crippen LogP contribution in [0, 0.1) is 5.82 Å². The Morgan fingerprint density at radius 2 is 2.10 bits per heavy atom. The zero-order valence-corrected chi connectivity index (χ0v) is 11.6. The molecule has 1 aromatic heterocycles. The van der Waals surface area contributed by atoms with Crippen LogP contribution in [0.4, 0.5) is 4.39 Å². The molecule has 2 aromatic rings. The Morgan fingerprint density at radius 1 is 1.33 bits per heavy atom. The van der Waals surface area contributed by atoms with E-state index in [0.717, 1.165) is 6.20 Å². The van der Waals surface area contributed by atoms with Gasteiger partial charge in [-0.15, -0.1) is 0 Å². The van der Waals surface area contributed by atoms with E-state index in [1.54, 1.807) is 6.07 Å². The quantitative estimate of drug-likeness (QED) is 0.872. The number of carbonyl (C=O) groups is 1. The molecule has 0 saturated carbocycles. The van der Waals surface area contributed by atoms with Crippen LogP contribution < -0.4 is 10.5 Å². The van der Waals surface area contributed by atoms with Crippen molar-refractivity contribution in [3.63, 3.8) is 0 Å². The summed E-state index contributed by atoms with van der Waals surface area (Å²) in [7, 11) is -3.80. The number of benzene rings is 1. The second-order valence-corrected chi connectivity index (χ2v) is 5.79. The lowest BCUT2D eigenvalue weighted by molar-refractivity contribution is 0.0946. The fourth-order valence-corrected chi connectivity index (χ4v) is 2.25. The molecule has 110 valence electrons. The van der Waals surface area contributed by atoms with E-state index < -0.39 is 21.7 Å². The molecular formula is C13H12FN3O3S. The molecule has 2 rings (SSSR count). The molecule has 0 aliphatic carbocycles. The molecule has 1 amide bonds. The molecule has 6 nitrogen and oxygen atoms in total. The first-order valence-corrected chi connectivity index (χ1v) is 7.42. The van der Waals surface area contributed by atoms with E-state index in [2.05, 4.69) is 10.3 Å². The number of nitrogens with one attached hydrogen (secondary N) is 1. The van der Waals surface area contributed by atoms with E-state index in [1.807, 2.05) is 0 Å². The summed E-state index contributed by atoms with van der Waals surface area (Å²) in [6, 6.07) is 7.08. The van der Waals surface area contributed by atoms with Gasteiger partial charge < -0.3 is 5.32 Å². The van der Waals surface area contributed by atoms with Gasteiger partial charge in [-0.3, -0.25) is 9.78 Å². The Kier molecular flexibility index (Phi) is 4.29. The number of primary sulfonamides is 1. The Labute approximate surface area is 120 Å². The number of aromatic nitrogens is 1. The molecule has 0 bridgehead atoms. The van der Waals surface area contributed by atoms with Crippen LogP contribution in [0.15, 0.2) is 47.6 Å². The second-order valence-electron chi connectivity index (χ2n) is 4.23. The Hall–Kier alpha value is -2.32. The number of hydrogen-bond donors (Lipinski definition) is 2. The van der Waals surface area contributed by atoms with Gasteiger partial charge in [0.05, 0.1) is 16.7 Å². The Morgan fingerprint density at radius 3 is 2.76 bits per heavy atom. The van der Waals surface area contributed by atoms with Crippen LogP contribution in [0.3, 0.4) is 0 Å². The molecule has 1 heterocycles. The number of pyridine rings is 1. The fourth-order valence-electron chi connectivity index (χ4n) is 1.67. The van der Waals surface area contributed by atoms with Gasteiger partial charge in [-0.2, -0.15) is 0 Å². The van der Waals surface area contributed by atoms with E-state index in [0.29, 0.717) is 5.56 Å². The lowest BCUT2D eigenvalue weighted by Crippen LogP contribution is -2.24. The maximum atomic E-state index is 13.4. The standard InChI is InChI=1S/C13H12FN3O3S/c14-12-8-16-5-4-11(12)13(18)17-7-9-2-1-3-10(6-9)21(15,19)20/h1-6,8H,7H2,(H,17,18)(H2,15,19,20). The van der Waals surface area contributed by atoms with Gasteiger partial charge in [0, 0.05) is 12.7 Å². The topological polar surface area (TPSA) is 102 Å². The van der Waals surface area contributed by atoms with Crippen molar-refractivity contribution in [2.75, 3.05) is 0 Å². The minimum atomic E-state index is -3.80. The van der Waals surface area contributed by atoms with Gasteiger partial charge in [-0.25, -0.2) is 17.9 Å². The van der Waals surface area contributed by atoms with E-state index in [4.69, 9.17) is 5.14 Å². The van der Waals surface area contributed by atoms with Crippen molar-refractivity contribution in [1.82, 2.24) is 10.3 Å². The highest BCUT2D eigenvalue weighted by atomic mass is 32.2. The van der Waals surface area contributed by atoms with Gasteiger partial charge >= 0.3 is 0 Å². The van der Waals surface area contributed by atoms with Crippen LogP contribution in [0.1, 0.15) is 15.9 Å². The number of nitrogens with two attached hydrogens (primary N) is 1. The van der Waals surface area contributed by atoms with Crippen LogP contribution >= 0.6 is 0 Å². The van der Waals surface area contributed by atoms with E-state index in [1.165, 1.54) is 30.5 Å². The van der Waals surface area contributed by atoms with Crippen molar-refractivity contribution >= 4 is 15.9 Å². The van der Waals surface area contributed by atoms with Crippen molar-refractivity contribution < 1.29 is 17.6 Å². The van der Waals surface area contributed by atoms with Crippen LogP contribution in [-0.4, -0.2) is 19.3 Å². The molecule has 0 aliphatic rings. The van der Waals surface area contributed by atoms with Crippen LogP contribution in [0.25, 0.3) is 0 Å². The van der Waals surface area contributed by atoms with Gasteiger partial charge in [-0.05, 0) is 23.8 Å². The minimum Gasteiger partial charge on any atom is -0.348 e. The number of amides is 1. The second kappa shape index (κ2) is 5.98. The van der Waals surface area contributed by atoms with Crippen molar-refractivity contribution in [3.05, 3.63) is 59.7 Å². The lowest BCUT2D eigenvalue weighted by atomic mass is 10.2. The fraction of sp³-hybridized carbons (Fsp3) is 0.0769. The number of sulfonamides is 1. The van der Waals surface area contributed by atoms with Crippen molar-refractivity contribution in [2.45, 2.75) is 11.4 Å². The average molecular weight is 309 g/mol. The Bertz CT molecular complexity index is 778. The summed E-state index contributed by atoms with van der Waals surface area (Å²) in [6.07, 6.45) is 2.25. The summed E-state index contributed by atoms with van der Waals surface area (Å²) in [4.78, 5) is 15.3. The van der Waals surface area contributed by atoms with Crippen LogP contribution in [0.2, 0.25) is 0 Å². The summed E-state index contributed by atoms with van der Waals surface area (Å²) >= 11 is 0. The predicted octanol–water partition coefficient (Wildman–Crippen LogP) is 0.798. The van der Waals surface area contributed by atoms with Crippen molar-refractivity contribution in [2.24, 2.45) is 5.14 Å². The van der Waals surface area contributed by atoms with Crippen LogP contribution in [0.5, 0.6) is 0 Å². The maximum Gasteiger partial charge on any atom is 0.254 e. The molecule has 0 saturated heterocycles. The SMILES string of the molecule is NS(=O)(=O)c1cccc(CNC(=O)c2ccncc2F)c1. The lowest BCUT2D eigenvalue weighted by Gasteiger charge is -2.07. The molecule has 0 spiro atoms. The molecule has 8 heteroatoms. The molecular weight excluding hydrogens is 297 g/mol. The van der Waals surface area contributed by atoms with Crippen molar-refractivity contribution in [3.8, 4) is 0 Å². The van der Waals surface area contributed by atoms with Crippen molar-refractivity contribution in [1.29, 1.82) is 0 Å². The third-order valence-corrected chi connectivity index (χ3v) is 3.61. The number of halogens is 1. The van der Waals surface area contributed by atoms with E-state index >= 15 is 0 Å². The van der Waals surface area contributed by atoms with Gasteiger partial charge in [0.2, 0.25) is 10.0 Å². The largest absolute Gasteiger partial charge is 0.348 e. The number of hydrogen-bond acceptors (Lipinski definition) is 4.